The summed E-state index contributed by atoms with van der Waals surface area (Å²) in [6.07, 6.45) is 4.51. The van der Waals surface area contributed by atoms with E-state index in [0.29, 0.717) is 31.9 Å². The number of rotatable bonds is 6. The standard InChI is InChI=1S/C19H24N6O2/c1-3-24-10-7-16(22-24)19(26)23-9-6-14(13-23)17-21-15-5-4-8-20-18(15)25(17)11-12-27-2/h4-5,7-8,10,14H,3,6,9,11-13H2,1-2H3/t14-/m0/s1. The van der Waals surface area contributed by atoms with Crippen LogP contribution in [-0.2, 0) is 17.8 Å². The highest BCUT2D eigenvalue weighted by molar-refractivity contribution is 5.92. The molecule has 8 nitrogen and oxygen atoms in total. The molecule has 4 rings (SSSR count). The number of pyridine rings is 1. The van der Waals surface area contributed by atoms with Gasteiger partial charge in [-0.25, -0.2) is 9.97 Å². The molecule has 3 aromatic rings. The van der Waals surface area contributed by atoms with Crippen molar-refractivity contribution in [1.82, 2.24) is 29.2 Å². The molecule has 4 heterocycles. The van der Waals surface area contributed by atoms with E-state index in [1.165, 1.54) is 0 Å². The number of hydrogen-bond donors (Lipinski definition) is 0. The van der Waals surface area contributed by atoms with Gasteiger partial charge in [-0.15, -0.1) is 0 Å². The highest BCUT2D eigenvalue weighted by Gasteiger charge is 2.32. The molecule has 0 aliphatic carbocycles. The lowest BCUT2D eigenvalue weighted by atomic mass is 10.1. The Morgan fingerprint density at radius 2 is 2.26 bits per heavy atom. The number of nitrogens with zero attached hydrogens (tertiary/aromatic N) is 6. The van der Waals surface area contributed by atoms with Crippen LogP contribution in [0.2, 0.25) is 0 Å². The van der Waals surface area contributed by atoms with E-state index in [9.17, 15) is 4.79 Å². The Labute approximate surface area is 157 Å². The Morgan fingerprint density at radius 1 is 1.37 bits per heavy atom. The van der Waals surface area contributed by atoms with Crippen LogP contribution in [0.5, 0.6) is 0 Å². The maximum Gasteiger partial charge on any atom is 0.274 e. The van der Waals surface area contributed by atoms with Crippen molar-refractivity contribution in [2.24, 2.45) is 0 Å². The van der Waals surface area contributed by atoms with E-state index in [4.69, 9.17) is 9.72 Å². The molecule has 1 fully saturated rings. The summed E-state index contributed by atoms with van der Waals surface area (Å²) in [6.45, 7) is 5.42. The van der Waals surface area contributed by atoms with Crippen LogP contribution >= 0.6 is 0 Å². The maximum atomic E-state index is 12.8. The van der Waals surface area contributed by atoms with Crippen molar-refractivity contribution < 1.29 is 9.53 Å². The molecule has 142 valence electrons. The van der Waals surface area contributed by atoms with Crippen molar-refractivity contribution in [3.63, 3.8) is 0 Å². The van der Waals surface area contributed by atoms with Crippen LogP contribution in [0.1, 0.15) is 35.6 Å². The first-order valence-corrected chi connectivity index (χ1v) is 9.34. The van der Waals surface area contributed by atoms with Gasteiger partial charge in [0, 0.05) is 51.6 Å². The van der Waals surface area contributed by atoms with Gasteiger partial charge in [-0.2, -0.15) is 5.10 Å². The first-order chi connectivity index (χ1) is 13.2. The SMILES string of the molecule is CCn1ccc(C(=O)N2CC[C@H](c3nc4cccnc4n3CCOC)C2)n1. The number of amides is 1. The Hall–Kier alpha value is -2.74. The van der Waals surface area contributed by atoms with Crippen LogP contribution in [0.3, 0.4) is 0 Å². The fourth-order valence-electron chi connectivity index (χ4n) is 3.66. The van der Waals surface area contributed by atoms with E-state index in [2.05, 4.69) is 14.6 Å². The van der Waals surface area contributed by atoms with Gasteiger partial charge in [-0.1, -0.05) is 0 Å². The number of ether oxygens (including phenoxy) is 1. The van der Waals surface area contributed by atoms with Crippen molar-refractivity contribution in [2.45, 2.75) is 32.4 Å². The van der Waals surface area contributed by atoms with E-state index in [1.54, 1.807) is 24.1 Å². The summed E-state index contributed by atoms with van der Waals surface area (Å²) in [7, 11) is 1.69. The van der Waals surface area contributed by atoms with Gasteiger partial charge in [0.05, 0.1) is 6.61 Å². The van der Waals surface area contributed by atoms with Gasteiger partial charge in [-0.05, 0) is 31.5 Å². The zero-order valence-electron chi connectivity index (χ0n) is 15.7. The minimum atomic E-state index is -0.0117. The number of carbonyl (C=O) groups is 1. The minimum Gasteiger partial charge on any atom is -0.383 e. The molecule has 3 aromatic heterocycles. The number of methoxy groups -OCH3 is 1. The second-order valence-electron chi connectivity index (χ2n) is 6.75. The first kappa shape index (κ1) is 17.7. The van der Waals surface area contributed by atoms with E-state index < -0.39 is 0 Å². The number of aryl methyl sites for hydroxylation is 1. The summed E-state index contributed by atoms with van der Waals surface area (Å²) < 4.78 is 9.16. The Bertz CT molecular complexity index is 947. The van der Waals surface area contributed by atoms with Crippen LogP contribution in [0.4, 0.5) is 0 Å². The van der Waals surface area contributed by atoms with Gasteiger partial charge in [0.1, 0.15) is 17.0 Å². The van der Waals surface area contributed by atoms with E-state index in [-0.39, 0.29) is 11.8 Å². The van der Waals surface area contributed by atoms with E-state index in [0.717, 1.165) is 30.0 Å². The third kappa shape index (κ3) is 3.32. The van der Waals surface area contributed by atoms with Gasteiger partial charge < -0.3 is 14.2 Å². The third-order valence-electron chi connectivity index (χ3n) is 5.08. The van der Waals surface area contributed by atoms with Crippen LogP contribution < -0.4 is 0 Å². The molecule has 8 heteroatoms. The molecule has 27 heavy (non-hydrogen) atoms. The van der Waals surface area contributed by atoms with Gasteiger partial charge in [0.15, 0.2) is 5.65 Å². The lowest BCUT2D eigenvalue weighted by molar-refractivity contribution is 0.0783. The summed E-state index contributed by atoms with van der Waals surface area (Å²) in [6, 6.07) is 5.66. The number of imidazole rings is 1. The third-order valence-corrected chi connectivity index (χ3v) is 5.08. The minimum absolute atomic E-state index is 0.0117. The zero-order chi connectivity index (χ0) is 18.8. The summed E-state index contributed by atoms with van der Waals surface area (Å²) in [5, 5.41) is 4.34. The Morgan fingerprint density at radius 3 is 3.04 bits per heavy atom. The molecule has 1 aliphatic rings. The first-order valence-electron chi connectivity index (χ1n) is 9.34. The van der Waals surface area contributed by atoms with Crippen LogP contribution in [0.15, 0.2) is 30.6 Å². The van der Waals surface area contributed by atoms with Crippen molar-refractivity contribution >= 4 is 17.1 Å². The molecule has 1 saturated heterocycles. The quantitative estimate of drug-likeness (QED) is 0.664. The molecule has 0 aromatic carbocycles. The van der Waals surface area contributed by atoms with Crippen molar-refractivity contribution in [3.8, 4) is 0 Å². The fraction of sp³-hybridized carbons (Fsp3) is 0.474. The molecular weight excluding hydrogens is 344 g/mol. The zero-order valence-corrected chi connectivity index (χ0v) is 15.7. The average Bonchev–Trinajstić information content (AvgIpc) is 3.43. The van der Waals surface area contributed by atoms with Crippen molar-refractivity contribution in [3.05, 3.63) is 42.1 Å². The monoisotopic (exact) mass is 368 g/mol. The molecule has 1 atom stereocenters. The second kappa shape index (κ2) is 7.48. The smallest absolute Gasteiger partial charge is 0.274 e. The highest BCUT2D eigenvalue weighted by Crippen LogP contribution is 2.29. The number of likely N-dealkylation sites (tertiary alicyclic amines) is 1. The van der Waals surface area contributed by atoms with Crippen LogP contribution in [0.25, 0.3) is 11.2 Å². The molecule has 1 amide bonds. The molecule has 0 N–H and O–H groups in total. The topological polar surface area (TPSA) is 78.1 Å². The molecular formula is C19H24N6O2. The molecule has 0 spiro atoms. The summed E-state index contributed by atoms with van der Waals surface area (Å²) in [5.74, 6) is 1.16. The Kier molecular flexibility index (Phi) is 4.89. The second-order valence-corrected chi connectivity index (χ2v) is 6.75. The van der Waals surface area contributed by atoms with Gasteiger partial charge >= 0.3 is 0 Å². The molecule has 0 saturated carbocycles. The predicted molar refractivity (Wildman–Crippen MR) is 101 cm³/mol. The van der Waals surface area contributed by atoms with E-state index >= 15 is 0 Å². The predicted octanol–water partition coefficient (Wildman–Crippen LogP) is 1.92. The summed E-state index contributed by atoms with van der Waals surface area (Å²) in [5.41, 5.74) is 2.26. The largest absolute Gasteiger partial charge is 0.383 e. The summed E-state index contributed by atoms with van der Waals surface area (Å²) >= 11 is 0. The van der Waals surface area contributed by atoms with Crippen molar-refractivity contribution in [2.75, 3.05) is 26.8 Å². The average molecular weight is 368 g/mol. The van der Waals surface area contributed by atoms with Gasteiger partial charge in [0.25, 0.3) is 5.91 Å². The lowest BCUT2D eigenvalue weighted by Crippen LogP contribution is -2.29. The number of aromatic nitrogens is 5. The maximum absolute atomic E-state index is 12.8. The van der Waals surface area contributed by atoms with Crippen LogP contribution in [-0.4, -0.2) is 61.9 Å². The molecule has 0 bridgehead atoms. The van der Waals surface area contributed by atoms with Gasteiger partial charge in [-0.3, -0.25) is 9.48 Å². The van der Waals surface area contributed by atoms with Crippen LogP contribution in [0, 0.1) is 0 Å². The fourth-order valence-corrected chi connectivity index (χ4v) is 3.66. The Balaban J connectivity index is 1.57. The molecule has 1 aliphatic heterocycles. The molecule has 0 unspecified atom stereocenters. The number of carbonyl (C=O) groups excluding carboxylic acids is 1. The number of fused-ring (bicyclic) bond motifs is 1. The number of hydrogen-bond acceptors (Lipinski definition) is 5. The molecule has 0 radical (unpaired) electrons. The lowest BCUT2D eigenvalue weighted by Gasteiger charge is -2.16. The normalized spacial score (nSPS) is 17.1. The highest BCUT2D eigenvalue weighted by atomic mass is 16.5. The van der Waals surface area contributed by atoms with Crippen molar-refractivity contribution in [1.29, 1.82) is 0 Å². The van der Waals surface area contributed by atoms with E-state index in [1.807, 2.05) is 30.2 Å². The summed E-state index contributed by atoms with van der Waals surface area (Å²) in [4.78, 5) is 24.0. The van der Waals surface area contributed by atoms with Gasteiger partial charge in [0.2, 0.25) is 0 Å².